The van der Waals surface area contributed by atoms with Gasteiger partial charge in [0, 0.05) is 18.5 Å². The van der Waals surface area contributed by atoms with Crippen LogP contribution in [0.4, 0.5) is 0 Å². The first kappa shape index (κ1) is 17.8. The summed E-state index contributed by atoms with van der Waals surface area (Å²) in [5, 5.41) is 3.87. The molecule has 1 heterocycles. The maximum absolute atomic E-state index is 11.9. The van der Waals surface area contributed by atoms with Crippen LogP contribution in [0, 0.1) is 0 Å². The quantitative estimate of drug-likeness (QED) is 0.524. The van der Waals surface area contributed by atoms with Gasteiger partial charge < -0.3 is 14.8 Å². The van der Waals surface area contributed by atoms with Crippen molar-refractivity contribution < 1.29 is 14.3 Å². The molecule has 1 atom stereocenters. The average molecular weight is 303 g/mol. The van der Waals surface area contributed by atoms with Crippen molar-refractivity contribution in [2.75, 3.05) is 32.6 Å². The van der Waals surface area contributed by atoms with E-state index in [1.807, 2.05) is 20.9 Å². The molecule has 0 aromatic heterocycles. The van der Waals surface area contributed by atoms with E-state index in [0.29, 0.717) is 6.61 Å². The van der Waals surface area contributed by atoms with E-state index in [-0.39, 0.29) is 5.97 Å². The van der Waals surface area contributed by atoms with Crippen LogP contribution in [0.3, 0.4) is 0 Å². The first-order valence-electron chi connectivity index (χ1n) is 7.68. The van der Waals surface area contributed by atoms with Crippen LogP contribution >= 0.6 is 11.8 Å². The van der Waals surface area contributed by atoms with Crippen LogP contribution in [0.25, 0.3) is 0 Å². The number of ether oxygens (including phenoxy) is 2. The van der Waals surface area contributed by atoms with Crippen LogP contribution in [-0.2, 0) is 14.3 Å². The molecular weight excluding hydrogens is 274 g/mol. The normalized spacial score (nSPS) is 19.6. The van der Waals surface area contributed by atoms with Gasteiger partial charge in [0.25, 0.3) is 0 Å². The summed E-state index contributed by atoms with van der Waals surface area (Å²) in [4.78, 5) is 11.9. The SMILES string of the molecule is CCOC(=O)C(C)(CCCCSC1CCOCC1)NC. The Balaban J connectivity index is 2.15. The molecule has 118 valence electrons. The van der Waals surface area contributed by atoms with Gasteiger partial charge in [0.05, 0.1) is 6.61 Å². The minimum absolute atomic E-state index is 0.139. The van der Waals surface area contributed by atoms with Crippen molar-refractivity contribution in [2.45, 2.75) is 56.7 Å². The molecule has 0 aliphatic carbocycles. The van der Waals surface area contributed by atoms with Gasteiger partial charge in [0.15, 0.2) is 0 Å². The number of nitrogens with one attached hydrogen (secondary N) is 1. The van der Waals surface area contributed by atoms with Crippen LogP contribution in [0.5, 0.6) is 0 Å². The second kappa shape index (κ2) is 9.64. The lowest BCUT2D eigenvalue weighted by atomic mass is 9.95. The fourth-order valence-corrected chi connectivity index (χ4v) is 3.52. The molecule has 5 heteroatoms. The monoisotopic (exact) mass is 303 g/mol. The minimum Gasteiger partial charge on any atom is -0.465 e. The van der Waals surface area contributed by atoms with Gasteiger partial charge in [-0.15, -0.1) is 0 Å². The molecule has 0 aromatic rings. The lowest BCUT2D eigenvalue weighted by Gasteiger charge is -2.27. The van der Waals surface area contributed by atoms with E-state index in [9.17, 15) is 4.79 Å². The molecule has 0 radical (unpaired) electrons. The van der Waals surface area contributed by atoms with E-state index in [1.54, 1.807) is 0 Å². The molecule has 1 saturated heterocycles. The van der Waals surface area contributed by atoms with Crippen LogP contribution in [-0.4, -0.2) is 49.4 Å². The van der Waals surface area contributed by atoms with E-state index in [2.05, 4.69) is 17.1 Å². The van der Waals surface area contributed by atoms with Crippen molar-refractivity contribution in [1.82, 2.24) is 5.32 Å². The van der Waals surface area contributed by atoms with Crippen molar-refractivity contribution in [3.63, 3.8) is 0 Å². The van der Waals surface area contributed by atoms with Gasteiger partial charge in [-0.05, 0) is 52.3 Å². The Hall–Kier alpha value is -0.260. The van der Waals surface area contributed by atoms with Gasteiger partial charge in [0.1, 0.15) is 5.54 Å². The summed E-state index contributed by atoms with van der Waals surface area (Å²) in [7, 11) is 1.83. The van der Waals surface area contributed by atoms with Crippen molar-refractivity contribution in [3.8, 4) is 0 Å². The van der Waals surface area contributed by atoms with Crippen molar-refractivity contribution in [3.05, 3.63) is 0 Å². The van der Waals surface area contributed by atoms with Gasteiger partial charge in [-0.3, -0.25) is 4.79 Å². The Labute approximate surface area is 127 Å². The van der Waals surface area contributed by atoms with Gasteiger partial charge in [-0.25, -0.2) is 0 Å². The van der Waals surface area contributed by atoms with E-state index >= 15 is 0 Å². The van der Waals surface area contributed by atoms with E-state index < -0.39 is 5.54 Å². The van der Waals surface area contributed by atoms with Crippen LogP contribution < -0.4 is 5.32 Å². The third kappa shape index (κ3) is 6.02. The van der Waals surface area contributed by atoms with Crippen molar-refractivity contribution in [1.29, 1.82) is 0 Å². The van der Waals surface area contributed by atoms with E-state index in [4.69, 9.17) is 9.47 Å². The van der Waals surface area contributed by atoms with Crippen LogP contribution in [0.1, 0.15) is 46.0 Å². The van der Waals surface area contributed by atoms with Crippen LogP contribution in [0.2, 0.25) is 0 Å². The maximum atomic E-state index is 11.9. The first-order chi connectivity index (χ1) is 9.62. The highest BCUT2D eigenvalue weighted by atomic mass is 32.2. The minimum atomic E-state index is -0.542. The van der Waals surface area contributed by atoms with Gasteiger partial charge in [-0.2, -0.15) is 11.8 Å². The second-order valence-electron chi connectivity index (χ2n) is 5.44. The molecule has 0 amide bonds. The molecule has 0 saturated carbocycles. The fraction of sp³-hybridized carbons (Fsp3) is 0.933. The number of hydrogen-bond donors (Lipinski definition) is 1. The van der Waals surface area contributed by atoms with Crippen LogP contribution in [0.15, 0.2) is 0 Å². The molecule has 1 N–H and O–H groups in total. The zero-order valence-corrected chi connectivity index (χ0v) is 13.9. The molecule has 4 nitrogen and oxygen atoms in total. The number of likely N-dealkylation sites (N-methyl/N-ethyl adjacent to an activating group) is 1. The standard InChI is InChI=1S/C15H29NO3S/c1-4-19-14(17)15(2,16-3)9-5-6-12-20-13-7-10-18-11-8-13/h13,16H,4-12H2,1-3H3. The predicted octanol–water partition coefficient (Wildman–Crippen LogP) is 2.61. The summed E-state index contributed by atoms with van der Waals surface area (Å²) in [5.74, 6) is 1.03. The molecule has 1 aliphatic rings. The topological polar surface area (TPSA) is 47.6 Å². The number of esters is 1. The molecule has 0 spiro atoms. The van der Waals surface area contributed by atoms with Gasteiger partial charge >= 0.3 is 5.97 Å². The highest BCUT2D eigenvalue weighted by Gasteiger charge is 2.32. The molecule has 1 unspecified atom stereocenters. The summed E-state index contributed by atoms with van der Waals surface area (Å²) in [6, 6.07) is 0. The lowest BCUT2D eigenvalue weighted by Crippen LogP contribution is -2.48. The fourth-order valence-electron chi connectivity index (χ4n) is 2.29. The third-order valence-corrected chi connectivity index (χ3v) is 5.34. The summed E-state index contributed by atoms with van der Waals surface area (Å²) >= 11 is 2.06. The summed E-state index contributed by atoms with van der Waals surface area (Å²) < 4.78 is 10.5. The molecule has 20 heavy (non-hydrogen) atoms. The first-order valence-corrected chi connectivity index (χ1v) is 8.72. The Morgan fingerprint density at radius 1 is 1.40 bits per heavy atom. The number of rotatable bonds is 9. The Kier molecular flexibility index (Phi) is 8.57. The smallest absolute Gasteiger partial charge is 0.326 e. The lowest BCUT2D eigenvalue weighted by molar-refractivity contribution is -0.150. The summed E-state index contributed by atoms with van der Waals surface area (Å²) in [6.45, 7) is 6.04. The Morgan fingerprint density at radius 3 is 2.70 bits per heavy atom. The average Bonchev–Trinajstić information content (AvgIpc) is 2.48. The molecule has 1 aliphatic heterocycles. The molecule has 0 bridgehead atoms. The zero-order chi connectivity index (χ0) is 14.8. The number of carbonyl (C=O) groups is 1. The summed E-state index contributed by atoms with van der Waals surface area (Å²) in [5.41, 5.74) is -0.542. The van der Waals surface area contributed by atoms with Crippen molar-refractivity contribution >= 4 is 17.7 Å². The number of hydrogen-bond acceptors (Lipinski definition) is 5. The number of unbranched alkanes of at least 4 members (excludes halogenated alkanes) is 1. The molecule has 1 rings (SSSR count). The number of thioether (sulfide) groups is 1. The molecular formula is C15H29NO3S. The largest absolute Gasteiger partial charge is 0.465 e. The van der Waals surface area contributed by atoms with Gasteiger partial charge in [0.2, 0.25) is 0 Å². The third-order valence-electron chi connectivity index (χ3n) is 3.87. The number of carbonyl (C=O) groups excluding carboxylic acids is 1. The van der Waals surface area contributed by atoms with E-state index in [1.165, 1.54) is 18.6 Å². The predicted molar refractivity (Wildman–Crippen MR) is 84.2 cm³/mol. The highest BCUT2D eigenvalue weighted by molar-refractivity contribution is 7.99. The molecule has 1 fully saturated rings. The maximum Gasteiger partial charge on any atom is 0.326 e. The van der Waals surface area contributed by atoms with Crippen molar-refractivity contribution in [2.24, 2.45) is 0 Å². The molecule has 0 aromatic carbocycles. The Morgan fingerprint density at radius 2 is 2.10 bits per heavy atom. The zero-order valence-electron chi connectivity index (χ0n) is 13.1. The van der Waals surface area contributed by atoms with E-state index in [0.717, 1.165) is 37.7 Å². The van der Waals surface area contributed by atoms with Gasteiger partial charge in [-0.1, -0.05) is 6.42 Å². The Bertz CT molecular complexity index is 282. The second-order valence-corrected chi connectivity index (χ2v) is 6.85. The summed E-state index contributed by atoms with van der Waals surface area (Å²) in [6.07, 6.45) is 5.39. The highest BCUT2D eigenvalue weighted by Crippen LogP contribution is 2.24.